The topological polar surface area (TPSA) is 50.2 Å². The predicted octanol–water partition coefficient (Wildman–Crippen LogP) is 3.59. The van der Waals surface area contributed by atoms with Gasteiger partial charge in [-0.2, -0.15) is 0 Å². The lowest BCUT2D eigenvalue weighted by Gasteiger charge is -2.17. The Bertz CT molecular complexity index is 673. The normalized spacial score (nSPS) is 11.4. The lowest BCUT2D eigenvalue weighted by Crippen LogP contribution is -2.26. The van der Waals surface area contributed by atoms with E-state index in [-0.39, 0.29) is 5.91 Å². The summed E-state index contributed by atoms with van der Waals surface area (Å²) in [5.41, 5.74) is 2.88. The van der Waals surface area contributed by atoms with Crippen LogP contribution >= 0.6 is 0 Å². The van der Waals surface area contributed by atoms with E-state index in [0.717, 1.165) is 61.4 Å². The Kier molecular flexibility index (Phi) is 6.79. The number of hydrogen-bond acceptors (Lipinski definition) is 3. The molecule has 0 aliphatic rings. The summed E-state index contributed by atoms with van der Waals surface area (Å²) in [5, 5.41) is 2.97. The van der Waals surface area contributed by atoms with Gasteiger partial charge in [-0.25, -0.2) is 4.98 Å². The number of benzene rings is 1. The highest BCUT2D eigenvalue weighted by Gasteiger charge is 2.10. The number of fused-ring (bicyclic) bond motifs is 1. The van der Waals surface area contributed by atoms with Crippen LogP contribution < -0.4 is 5.32 Å². The minimum absolute atomic E-state index is 0.0777. The lowest BCUT2D eigenvalue weighted by atomic mass is 10.2. The molecule has 2 aromatic rings. The molecule has 0 saturated heterocycles. The van der Waals surface area contributed by atoms with Crippen molar-refractivity contribution in [3.63, 3.8) is 0 Å². The molecule has 132 valence electrons. The number of aromatic nitrogens is 2. The zero-order valence-electron chi connectivity index (χ0n) is 15.4. The average molecular weight is 330 g/mol. The van der Waals surface area contributed by atoms with Gasteiger partial charge < -0.3 is 14.8 Å². The van der Waals surface area contributed by atoms with Crippen molar-refractivity contribution in [1.29, 1.82) is 0 Å². The fourth-order valence-corrected chi connectivity index (χ4v) is 2.91. The van der Waals surface area contributed by atoms with Gasteiger partial charge >= 0.3 is 0 Å². The molecule has 0 saturated carbocycles. The Balaban J connectivity index is 2.11. The number of aryl methyl sites for hydroxylation is 1. The van der Waals surface area contributed by atoms with Gasteiger partial charge in [-0.05, 0) is 37.7 Å². The molecule has 2 rings (SSSR count). The number of nitrogens with zero attached hydrogens (tertiary/aromatic N) is 3. The summed E-state index contributed by atoms with van der Waals surface area (Å²) in [4.78, 5) is 19.1. The number of carbonyl (C=O) groups is 1. The van der Waals surface area contributed by atoms with Crippen molar-refractivity contribution in [2.75, 3.05) is 25.0 Å². The van der Waals surface area contributed by atoms with Crippen LogP contribution in [0.25, 0.3) is 11.0 Å². The van der Waals surface area contributed by atoms with Crippen LogP contribution in [0.4, 0.5) is 5.69 Å². The molecule has 0 aliphatic heterocycles. The van der Waals surface area contributed by atoms with Crippen LogP contribution in [0.3, 0.4) is 0 Å². The van der Waals surface area contributed by atoms with Gasteiger partial charge in [0.1, 0.15) is 5.82 Å². The third kappa shape index (κ3) is 4.57. The molecule has 0 unspecified atom stereocenters. The lowest BCUT2D eigenvalue weighted by molar-refractivity contribution is -0.116. The van der Waals surface area contributed by atoms with Gasteiger partial charge in [0.25, 0.3) is 0 Å². The van der Waals surface area contributed by atoms with E-state index in [2.05, 4.69) is 42.6 Å². The third-order valence-corrected chi connectivity index (χ3v) is 4.56. The van der Waals surface area contributed by atoms with E-state index in [0.29, 0.717) is 6.42 Å². The van der Waals surface area contributed by atoms with E-state index >= 15 is 0 Å². The van der Waals surface area contributed by atoms with E-state index in [1.807, 2.05) is 18.2 Å². The summed E-state index contributed by atoms with van der Waals surface area (Å²) in [6.07, 6.45) is 3.46. The van der Waals surface area contributed by atoms with Crippen molar-refractivity contribution in [2.24, 2.45) is 7.05 Å². The molecule has 5 heteroatoms. The average Bonchev–Trinajstić information content (AvgIpc) is 2.89. The molecule has 0 bridgehead atoms. The summed E-state index contributed by atoms with van der Waals surface area (Å²) in [6, 6.07) is 5.97. The molecule has 1 aromatic carbocycles. The number of imidazole rings is 1. The quantitative estimate of drug-likeness (QED) is 0.764. The number of nitrogens with one attached hydrogen (secondary N) is 1. The molecule has 0 atom stereocenters. The van der Waals surface area contributed by atoms with Crippen LogP contribution in [0, 0.1) is 0 Å². The second-order valence-electron chi connectivity index (χ2n) is 6.22. The molecule has 1 heterocycles. The summed E-state index contributed by atoms with van der Waals surface area (Å²) in [6.45, 7) is 9.61. The third-order valence-electron chi connectivity index (χ3n) is 4.56. The first-order valence-electron chi connectivity index (χ1n) is 9.06. The molecule has 0 spiro atoms. The van der Waals surface area contributed by atoms with Crippen molar-refractivity contribution in [2.45, 2.75) is 46.5 Å². The molecule has 0 aliphatic carbocycles. The molecule has 5 nitrogen and oxygen atoms in total. The minimum Gasteiger partial charge on any atom is -0.331 e. The highest BCUT2D eigenvalue weighted by atomic mass is 16.1. The Morgan fingerprint density at radius 3 is 2.67 bits per heavy atom. The Hall–Kier alpha value is -1.88. The highest BCUT2D eigenvalue weighted by Crippen LogP contribution is 2.20. The smallest absolute Gasteiger partial charge is 0.224 e. The molecule has 1 N–H and O–H groups in total. The summed E-state index contributed by atoms with van der Waals surface area (Å²) >= 11 is 0. The van der Waals surface area contributed by atoms with Gasteiger partial charge in [-0.3, -0.25) is 4.79 Å². The van der Waals surface area contributed by atoms with Gasteiger partial charge in [-0.1, -0.05) is 27.2 Å². The van der Waals surface area contributed by atoms with E-state index in [1.54, 1.807) is 0 Å². The molecule has 0 radical (unpaired) electrons. The first-order valence-corrected chi connectivity index (χ1v) is 9.06. The summed E-state index contributed by atoms with van der Waals surface area (Å²) in [5.74, 6) is 1.17. The fourth-order valence-electron chi connectivity index (χ4n) is 2.91. The number of rotatable bonds is 9. The van der Waals surface area contributed by atoms with E-state index in [1.165, 1.54) is 0 Å². The van der Waals surface area contributed by atoms with E-state index < -0.39 is 0 Å². The summed E-state index contributed by atoms with van der Waals surface area (Å²) in [7, 11) is 2.06. The zero-order chi connectivity index (χ0) is 17.5. The number of carbonyl (C=O) groups excluding carboxylic acids is 1. The maximum absolute atomic E-state index is 11.9. The van der Waals surface area contributed by atoms with Gasteiger partial charge in [0.2, 0.25) is 5.91 Å². The number of amides is 1. The standard InChI is InChI=1S/C19H30N4O/c1-5-8-9-19(24)20-15-10-11-17-16(14-15)21-18(22(17)4)12-13-23(6-2)7-3/h10-11,14H,5-9,12-13H2,1-4H3,(H,20,24). The van der Waals surface area contributed by atoms with Crippen molar-refractivity contribution in [3.05, 3.63) is 24.0 Å². The maximum atomic E-state index is 11.9. The molecule has 0 fully saturated rings. The first kappa shape index (κ1) is 18.5. The summed E-state index contributed by atoms with van der Waals surface area (Å²) < 4.78 is 2.15. The van der Waals surface area contributed by atoms with E-state index in [4.69, 9.17) is 4.98 Å². The van der Waals surface area contributed by atoms with Gasteiger partial charge in [0, 0.05) is 32.1 Å². The fraction of sp³-hybridized carbons (Fsp3) is 0.579. The molecule has 1 aromatic heterocycles. The van der Waals surface area contributed by atoms with Crippen molar-refractivity contribution in [1.82, 2.24) is 14.5 Å². The molecular formula is C19H30N4O. The van der Waals surface area contributed by atoms with Crippen molar-refractivity contribution in [3.8, 4) is 0 Å². The van der Waals surface area contributed by atoms with Crippen LogP contribution in [0.1, 0.15) is 45.9 Å². The SMILES string of the molecule is CCCCC(=O)Nc1ccc2c(c1)nc(CCN(CC)CC)n2C. The van der Waals surface area contributed by atoms with Crippen LogP contribution in [-0.4, -0.2) is 40.0 Å². The molecular weight excluding hydrogens is 300 g/mol. The zero-order valence-corrected chi connectivity index (χ0v) is 15.4. The van der Waals surface area contributed by atoms with Crippen LogP contribution in [-0.2, 0) is 18.3 Å². The predicted molar refractivity (Wildman–Crippen MR) is 100 cm³/mol. The number of unbranched alkanes of at least 4 members (excludes halogenated alkanes) is 1. The Morgan fingerprint density at radius 1 is 1.25 bits per heavy atom. The number of hydrogen-bond donors (Lipinski definition) is 1. The van der Waals surface area contributed by atoms with Crippen LogP contribution in [0.15, 0.2) is 18.2 Å². The highest BCUT2D eigenvalue weighted by molar-refractivity contribution is 5.93. The Labute approximate surface area is 145 Å². The van der Waals surface area contributed by atoms with Crippen LogP contribution in [0.2, 0.25) is 0 Å². The van der Waals surface area contributed by atoms with Crippen LogP contribution in [0.5, 0.6) is 0 Å². The largest absolute Gasteiger partial charge is 0.331 e. The monoisotopic (exact) mass is 330 g/mol. The first-order chi connectivity index (χ1) is 11.6. The van der Waals surface area contributed by atoms with Gasteiger partial charge in [0.15, 0.2) is 0 Å². The second kappa shape index (κ2) is 8.83. The van der Waals surface area contributed by atoms with Gasteiger partial charge in [-0.15, -0.1) is 0 Å². The molecule has 24 heavy (non-hydrogen) atoms. The minimum atomic E-state index is 0.0777. The number of anilines is 1. The van der Waals surface area contributed by atoms with Gasteiger partial charge in [0.05, 0.1) is 11.0 Å². The van der Waals surface area contributed by atoms with E-state index in [9.17, 15) is 4.79 Å². The van der Waals surface area contributed by atoms with Crippen molar-refractivity contribution >= 4 is 22.6 Å². The second-order valence-corrected chi connectivity index (χ2v) is 6.22. The maximum Gasteiger partial charge on any atom is 0.224 e. The van der Waals surface area contributed by atoms with Crippen molar-refractivity contribution < 1.29 is 4.79 Å². The molecule has 1 amide bonds. The number of likely N-dealkylation sites (N-methyl/N-ethyl adjacent to an activating group) is 1. The Morgan fingerprint density at radius 2 is 2.00 bits per heavy atom.